The second kappa shape index (κ2) is 4.57. The lowest BCUT2D eigenvalue weighted by Gasteiger charge is -2.28. The first-order valence-corrected chi connectivity index (χ1v) is 6.41. The molecule has 0 amide bonds. The zero-order valence-corrected chi connectivity index (χ0v) is 11.0. The van der Waals surface area contributed by atoms with E-state index < -0.39 is 0 Å². The van der Waals surface area contributed by atoms with Crippen LogP contribution in [0.2, 0.25) is 0 Å². The van der Waals surface area contributed by atoms with Crippen molar-refractivity contribution in [2.45, 2.75) is 20.0 Å². The number of fused-ring (bicyclic) bond motifs is 1. The van der Waals surface area contributed by atoms with Gasteiger partial charge in [-0.3, -0.25) is 0 Å². The van der Waals surface area contributed by atoms with Crippen LogP contribution in [0.25, 0.3) is 0 Å². The third-order valence-electron chi connectivity index (χ3n) is 3.59. The molecule has 0 aromatic heterocycles. The van der Waals surface area contributed by atoms with E-state index in [2.05, 4.69) is 37.4 Å². The van der Waals surface area contributed by atoms with Gasteiger partial charge in [-0.05, 0) is 42.7 Å². The number of nitrogens with one attached hydrogen (secondary N) is 1. The van der Waals surface area contributed by atoms with Crippen molar-refractivity contribution < 1.29 is 9.13 Å². The Kier molecular flexibility index (Phi) is 2.90. The molecule has 0 fully saturated rings. The zero-order valence-electron chi connectivity index (χ0n) is 11.0. The summed E-state index contributed by atoms with van der Waals surface area (Å²) < 4.78 is 19.1. The average molecular weight is 257 g/mol. The third kappa shape index (κ3) is 2.28. The number of rotatable bonds is 1. The molecular weight excluding hydrogens is 241 g/mol. The number of halogens is 1. The Morgan fingerprint density at radius 1 is 1.11 bits per heavy atom. The summed E-state index contributed by atoms with van der Waals surface area (Å²) in [4.78, 5) is 0. The fourth-order valence-corrected chi connectivity index (χ4v) is 2.29. The van der Waals surface area contributed by atoms with Crippen molar-refractivity contribution in [3.05, 3.63) is 58.9 Å². The van der Waals surface area contributed by atoms with Crippen LogP contribution in [0.4, 0.5) is 10.1 Å². The molecular formula is C16H16FNO. The van der Waals surface area contributed by atoms with Crippen LogP contribution in [-0.4, -0.2) is 6.54 Å². The largest absolute Gasteiger partial charge is 0.482 e. The molecule has 98 valence electrons. The van der Waals surface area contributed by atoms with Crippen molar-refractivity contribution in [2.24, 2.45) is 0 Å². The van der Waals surface area contributed by atoms with Crippen molar-refractivity contribution in [2.75, 3.05) is 11.9 Å². The number of hydrogen-bond donors (Lipinski definition) is 1. The van der Waals surface area contributed by atoms with E-state index in [4.69, 9.17) is 4.74 Å². The Morgan fingerprint density at radius 2 is 1.95 bits per heavy atom. The highest BCUT2D eigenvalue weighted by atomic mass is 19.1. The normalized spacial score (nSPS) is 17.3. The molecule has 19 heavy (non-hydrogen) atoms. The van der Waals surface area contributed by atoms with E-state index in [1.807, 2.05) is 0 Å². The summed E-state index contributed by atoms with van der Waals surface area (Å²) in [6, 6.07) is 10.9. The van der Waals surface area contributed by atoms with Gasteiger partial charge in [0.2, 0.25) is 0 Å². The van der Waals surface area contributed by atoms with Gasteiger partial charge in [-0.1, -0.05) is 18.2 Å². The first kappa shape index (κ1) is 12.0. The van der Waals surface area contributed by atoms with Crippen molar-refractivity contribution >= 4 is 5.69 Å². The molecule has 1 N–H and O–H groups in total. The van der Waals surface area contributed by atoms with Crippen LogP contribution in [0, 0.1) is 19.7 Å². The molecule has 2 aromatic carbocycles. The molecule has 1 aliphatic heterocycles. The smallest absolute Gasteiger partial charge is 0.146 e. The highest BCUT2D eigenvalue weighted by molar-refractivity contribution is 5.58. The van der Waals surface area contributed by atoms with Gasteiger partial charge in [0.15, 0.2) is 0 Å². The standard InChI is InChI=1S/C16H16FNO/c1-10-3-4-12(7-11(10)2)16-9-18-14-6-5-13(17)8-15(14)19-16/h3-8,16,18H,9H2,1-2H3. The van der Waals surface area contributed by atoms with Crippen LogP contribution in [0.15, 0.2) is 36.4 Å². The van der Waals surface area contributed by atoms with Gasteiger partial charge < -0.3 is 10.1 Å². The van der Waals surface area contributed by atoms with Gasteiger partial charge in [-0.2, -0.15) is 0 Å². The summed E-state index contributed by atoms with van der Waals surface area (Å²) in [7, 11) is 0. The van der Waals surface area contributed by atoms with Gasteiger partial charge >= 0.3 is 0 Å². The van der Waals surface area contributed by atoms with Gasteiger partial charge in [0.05, 0.1) is 12.2 Å². The molecule has 2 nitrogen and oxygen atoms in total. The average Bonchev–Trinajstić information content (AvgIpc) is 2.41. The quantitative estimate of drug-likeness (QED) is 0.834. The maximum absolute atomic E-state index is 13.2. The van der Waals surface area contributed by atoms with Crippen molar-refractivity contribution in [3.8, 4) is 5.75 Å². The topological polar surface area (TPSA) is 21.3 Å². The Balaban J connectivity index is 1.90. The lowest BCUT2D eigenvalue weighted by Crippen LogP contribution is -2.23. The first-order chi connectivity index (χ1) is 9.13. The summed E-state index contributed by atoms with van der Waals surface area (Å²) in [6.45, 7) is 4.87. The fourth-order valence-electron chi connectivity index (χ4n) is 2.29. The van der Waals surface area contributed by atoms with Crippen LogP contribution in [0.1, 0.15) is 22.8 Å². The van der Waals surface area contributed by atoms with Gasteiger partial charge in [0, 0.05) is 6.07 Å². The molecule has 3 rings (SSSR count). The minimum Gasteiger partial charge on any atom is -0.482 e. The third-order valence-corrected chi connectivity index (χ3v) is 3.59. The maximum Gasteiger partial charge on any atom is 0.146 e. The summed E-state index contributed by atoms with van der Waals surface area (Å²) in [5, 5.41) is 3.28. The molecule has 1 unspecified atom stereocenters. The zero-order chi connectivity index (χ0) is 13.4. The molecule has 0 bridgehead atoms. The lowest BCUT2D eigenvalue weighted by molar-refractivity contribution is 0.209. The van der Waals surface area contributed by atoms with Crippen LogP contribution in [-0.2, 0) is 0 Å². The molecule has 1 atom stereocenters. The van der Waals surface area contributed by atoms with E-state index in [1.165, 1.54) is 23.3 Å². The van der Waals surface area contributed by atoms with Crippen molar-refractivity contribution in [3.63, 3.8) is 0 Å². The van der Waals surface area contributed by atoms with Gasteiger partial charge in [-0.25, -0.2) is 4.39 Å². The second-order valence-electron chi connectivity index (χ2n) is 4.97. The van der Waals surface area contributed by atoms with Crippen molar-refractivity contribution in [1.29, 1.82) is 0 Å². The number of benzene rings is 2. The SMILES string of the molecule is Cc1ccc(C2CNc3ccc(F)cc3O2)cc1C. The number of aryl methyl sites for hydroxylation is 2. The molecule has 2 aromatic rings. The van der Waals surface area contributed by atoms with E-state index in [1.54, 1.807) is 6.07 Å². The molecule has 1 aliphatic rings. The maximum atomic E-state index is 13.2. The Bertz CT molecular complexity index is 624. The molecule has 0 radical (unpaired) electrons. The van der Waals surface area contributed by atoms with E-state index in [0.717, 1.165) is 11.3 Å². The summed E-state index contributed by atoms with van der Waals surface area (Å²) in [6.07, 6.45) is -0.0754. The van der Waals surface area contributed by atoms with E-state index >= 15 is 0 Å². The van der Waals surface area contributed by atoms with Crippen LogP contribution in [0.5, 0.6) is 5.75 Å². The van der Waals surface area contributed by atoms with Crippen molar-refractivity contribution in [1.82, 2.24) is 0 Å². The van der Waals surface area contributed by atoms with Gasteiger partial charge in [0.1, 0.15) is 17.7 Å². The predicted octanol–water partition coefficient (Wildman–Crippen LogP) is 3.99. The molecule has 0 spiro atoms. The lowest BCUT2D eigenvalue weighted by atomic mass is 10.0. The van der Waals surface area contributed by atoms with Crippen LogP contribution >= 0.6 is 0 Å². The fraction of sp³-hybridized carbons (Fsp3) is 0.250. The monoisotopic (exact) mass is 257 g/mol. The van der Waals surface area contributed by atoms with Crippen LogP contribution in [0.3, 0.4) is 0 Å². The molecule has 0 aliphatic carbocycles. The number of ether oxygens (including phenoxy) is 1. The second-order valence-corrected chi connectivity index (χ2v) is 4.97. The minimum absolute atomic E-state index is 0.0754. The molecule has 1 heterocycles. The highest BCUT2D eigenvalue weighted by Gasteiger charge is 2.21. The van der Waals surface area contributed by atoms with Gasteiger partial charge in [0.25, 0.3) is 0 Å². The Morgan fingerprint density at radius 3 is 2.74 bits per heavy atom. The van der Waals surface area contributed by atoms with Gasteiger partial charge in [-0.15, -0.1) is 0 Å². The van der Waals surface area contributed by atoms with Crippen LogP contribution < -0.4 is 10.1 Å². The van der Waals surface area contributed by atoms with E-state index in [9.17, 15) is 4.39 Å². The summed E-state index contributed by atoms with van der Waals surface area (Å²) >= 11 is 0. The Hall–Kier alpha value is -2.03. The molecule has 0 saturated carbocycles. The van der Waals surface area contributed by atoms with E-state index in [0.29, 0.717) is 12.3 Å². The van der Waals surface area contributed by atoms with E-state index in [-0.39, 0.29) is 11.9 Å². The highest BCUT2D eigenvalue weighted by Crippen LogP contribution is 2.34. The molecule has 3 heteroatoms. The summed E-state index contributed by atoms with van der Waals surface area (Å²) in [5.41, 5.74) is 4.47. The number of hydrogen-bond acceptors (Lipinski definition) is 2. The number of anilines is 1. The summed E-state index contributed by atoms with van der Waals surface area (Å²) in [5.74, 6) is 0.302. The Labute approximate surface area is 112 Å². The predicted molar refractivity (Wildman–Crippen MR) is 74.2 cm³/mol. The minimum atomic E-state index is -0.277. The molecule has 0 saturated heterocycles. The first-order valence-electron chi connectivity index (χ1n) is 6.41.